The number of hydrogen-bond acceptors (Lipinski definition) is 3. The summed E-state index contributed by atoms with van der Waals surface area (Å²) in [5, 5.41) is 0. The first-order chi connectivity index (χ1) is 9.62. The van der Waals surface area contributed by atoms with Gasteiger partial charge in [0, 0.05) is 19.5 Å². The van der Waals surface area contributed by atoms with Crippen LogP contribution in [0.3, 0.4) is 0 Å². The van der Waals surface area contributed by atoms with E-state index < -0.39 is 0 Å². The molecule has 20 heavy (non-hydrogen) atoms. The van der Waals surface area contributed by atoms with Crippen LogP contribution < -0.4 is 10.5 Å². The number of nitrogens with zero attached hydrogens (tertiary/aromatic N) is 1. The first-order valence-electron chi connectivity index (χ1n) is 7.83. The Morgan fingerprint density at radius 2 is 2.15 bits per heavy atom. The van der Waals surface area contributed by atoms with Gasteiger partial charge in [-0.15, -0.1) is 0 Å². The lowest BCUT2D eigenvalue weighted by Gasteiger charge is -2.37. The zero-order chi connectivity index (χ0) is 14.2. The second-order valence-corrected chi connectivity index (χ2v) is 6.52. The molecule has 0 bridgehead atoms. The van der Waals surface area contributed by atoms with Crippen molar-refractivity contribution in [2.45, 2.75) is 45.1 Å². The number of fused-ring (bicyclic) bond motifs is 1. The second kappa shape index (κ2) is 5.38. The molecule has 1 atom stereocenters. The zero-order valence-corrected chi connectivity index (χ0v) is 12.7. The van der Waals surface area contributed by atoms with E-state index in [0.717, 1.165) is 57.6 Å². The Morgan fingerprint density at radius 3 is 2.95 bits per heavy atom. The summed E-state index contributed by atoms with van der Waals surface area (Å²) >= 11 is 0. The van der Waals surface area contributed by atoms with Crippen molar-refractivity contribution in [2.24, 2.45) is 5.73 Å². The molecule has 0 aliphatic carbocycles. The minimum atomic E-state index is 0.0572. The van der Waals surface area contributed by atoms with Gasteiger partial charge in [0.05, 0.1) is 0 Å². The maximum atomic E-state index is 6.50. The molecule has 0 radical (unpaired) electrons. The Labute approximate surface area is 122 Å². The van der Waals surface area contributed by atoms with E-state index in [4.69, 9.17) is 10.5 Å². The molecule has 2 heterocycles. The standard InChI is InChI=1S/C17H26N2O/c1-13-10-14(2)16-15(11-13)4-5-17(20-16)6-9-19(12-17)8-3-7-18/h10-11H,3-9,12,18H2,1-2H3. The van der Waals surface area contributed by atoms with Gasteiger partial charge in [0.2, 0.25) is 0 Å². The molecule has 2 aliphatic heterocycles. The van der Waals surface area contributed by atoms with E-state index in [2.05, 4.69) is 30.9 Å². The molecular weight excluding hydrogens is 248 g/mol. The van der Waals surface area contributed by atoms with E-state index in [1.165, 1.54) is 16.7 Å². The maximum Gasteiger partial charge on any atom is 0.126 e. The number of likely N-dealkylation sites (tertiary alicyclic amines) is 1. The number of aryl methyl sites for hydroxylation is 3. The Morgan fingerprint density at radius 1 is 1.30 bits per heavy atom. The molecular formula is C17H26N2O. The summed E-state index contributed by atoms with van der Waals surface area (Å²) in [7, 11) is 0. The predicted octanol–water partition coefficient (Wildman–Crippen LogP) is 2.42. The smallest absolute Gasteiger partial charge is 0.126 e. The molecule has 1 fully saturated rings. The normalized spacial score (nSPS) is 25.8. The number of ether oxygens (including phenoxy) is 1. The average Bonchev–Trinajstić information content (AvgIpc) is 2.81. The van der Waals surface area contributed by atoms with Gasteiger partial charge in [-0.3, -0.25) is 4.90 Å². The van der Waals surface area contributed by atoms with Gasteiger partial charge in [0.15, 0.2) is 0 Å². The average molecular weight is 274 g/mol. The lowest BCUT2D eigenvalue weighted by molar-refractivity contribution is 0.0536. The third kappa shape index (κ3) is 2.57. The van der Waals surface area contributed by atoms with Crippen LogP contribution in [0, 0.1) is 13.8 Å². The van der Waals surface area contributed by atoms with Crippen LogP contribution in [-0.4, -0.2) is 36.7 Å². The minimum Gasteiger partial charge on any atom is -0.485 e. The van der Waals surface area contributed by atoms with Crippen LogP contribution in [0.5, 0.6) is 5.75 Å². The van der Waals surface area contributed by atoms with Crippen molar-refractivity contribution in [3.05, 3.63) is 28.8 Å². The van der Waals surface area contributed by atoms with E-state index >= 15 is 0 Å². The molecule has 110 valence electrons. The summed E-state index contributed by atoms with van der Waals surface area (Å²) in [4.78, 5) is 2.52. The number of nitrogens with two attached hydrogens (primary N) is 1. The number of hydrogen-bond donors (Lipinski definition) is 1. The van der Waals surface area contributed by atoms with Crippen LogP contribution >= 0.6 is 0 Å². The van der Waals surface area contributed by atoms with E-state index in [0.29, 0.717) is 0 Å². The Bertz CT molecular complexity index is 500. The summed E-state index contributed by atoms with van der Waals surface area (Å²) in [5.41, 5.74) is 9.71. The summed E-state index contributed by atoms with van der Waals surface area (Å²) in [6.45, 7) is 8.46. The topological polar surface area (TPSA) is 38.5 Å². The predicted molar refractivity (Wildman–Crippen MR) is 82.3 cm³/mol. The molecule has 3 rings (SSSR count). The largest absolute Gasteiger partial charge is 0.485 e. The van der Waals surface area contributed by atoms with Crippen molar-refractivity contribution < 1.29 is 4.74 Å². The highest BCUT2D eigenvalue weighted by atomic mass is 16.5. The van der Waals surface area contributed by atoms with Crippen LogP contribution in [0.15, 0.2) is 12.1 Å². The second-order valence-electron chi connectivity index (χ2n) is 6.52. The first kappa shape index (κ1) is 13.9. The third-order valence-electron chi connectivity index (χ3n) is 4.74. The zero-order valence-electron chi connectivity index (χ0n) is 12.7. The fourth-order valence-electron chi connectivity index (χ4n) is 3.72. The highest BCUT2D eigenvalue weighted by Crippen LogP contribution is 2.40. The quantitative estimate of drug-likeness (QED) is 0.920. The van der Waals surface area contributed by atoms with Crippen LogP contribution in [-0.2, 0) is 6.42 Å². The first-order valence-corrected chi connectivity index (χ1v) is 7.83. The molecule has 3 nitrogen and oxygen atoms in total. The summed E-state index contributed by atoms with van der Waals surface area (Å²) in [5.74, 6) is 1.16. The molecule has 0 aromatic heterocycles. The lowest BCUT2D eigenvalue weighted by Crippen LogP contribution is -2.42. The maximum absolute atomic E-state index is 6.50. The molecule has 3 heteroatoms. The van der Waals surface area contributed by atoms with Gasteiger partial charge in [-0.05, 0) is 57.3 Å². The van der Waals surface area contributed by atoms with E-state index in [1.807, 2.05) is 0 Å². The van der Waals surface area contributed by atoms with Gasteiger partial charge in [0.25, 0.3) is 0 Å². The Balaban J connectivity index is 1.76. The van der Waals surface area contributed by atoms with Crippen LogP contribution in [0.2, 0.25) is 0 Å². The molecule has 1 spiro atoms. The summed E-state index contributed by atoms with van der Waals surface area (Å²) in [6, 6.07) is 4.52. The fraction of sp³-hybridized carbons (Fsp3) is 0.647. The molecule has 1 unspecified atom stereocenters. The van der Waals surface area contributed by atoms with Gasteiger partial charge in [-0.2, -0.15) is 0 Å². The summed E-state index contributed by atoms with van der Waals surface area (Å²) in [6.07, 6.45) is 4.56. The SMILES string of the molecule is Cc1cc(C)c2c(c1)CCC1(CCN(CCCN)C1)O2. The number of rotatable bonds is 3. The van der Waals surface area contributed by atoms with Crippen molar-refractivity contribution in [3.63, 3.8) is 0 Å². The fourth-order valence-corrected chi connectivity index (χ4v) is 3.72. The molecule has 0 saturated carbocycles. The van der Waals surface area contributed by atoms with Crippen LogP contribution in [0.1, 0.15) is 36.0 Å². The van der Waals surface area contributed by atoms with E-state index in [9.17, 15) is 0 Å². The molecule has 2 N–H and O–H groups in total. The minimum absolute atomic E-state index is 0.0572. The van der Waals surface area contributed by atoms with Gasteiger partial charge in [-0.25, -0.2) is 0 Å². The van der Waals surface area contributed by atoms with Gasteiger partial charge < -0.3 is 10.5 Å². The van der Waals surface area contributed by atoms with Crippen LogP contribution in [0.25, 0.3) is 0 Å². The van der Waals surface area contributed by atoms with Crippen molar-refractivity contribution in [1.82, 2.24) is 4.90 Å². The molecule has 2 aliphatic rings. The van der Waals surface area contributed by atoms with E-state index in [-0.39, 0.29) is 5.60 Å². The van der Waals surface area contributed by atoms with Crippen molar-refractivity contribution >= 4 is 0 Å². The molecule has 1 aromatic carbocycles. The van der Waals surface area contributed by atoms with Gasteiger partial charge >= 0.3 is 0 Å². The molecule has 0 amide bonds. The Hall–Kier alpha value is -1.06. The van der Waals surface area contributed by atoms with Crippen molar-refractivity contribution in [3.8, 4) is 5.75 Å². The van der Waals surface area contributed by atoms with Crippen LogP contribution in [0.4, 0.5) is 0 Å². The van der Waals surface area contributed by atoms with Crippen molar-refractivity contribution in [2.75, 3.05) is 26.2 Å². The highest BCUT2D eigenvalue weighted by molar-refractivity contribution is 5.45. The highest BCUT2D eigenvalue weighted by Gasteiger charge is 2.42. The van der Waals surface area contributed by atoms with Gasteiger partial charge in [0.1, 0.15) is 11.4 Å². The van der Waals surface area contributed by atoms with E-state index in [1.54, 1.807) is 0 Å². The van der Waals surface area contributed by atoms with Crippen molar-refractivity contribution in [1.29, 1.82) is 0 Å². The summed E-state index contributed by atoms with van der Waals surface area (Å²) < 4.78 is 6.50. The van der Waals surface area contributed by atoms with Gasteiger partial charge in [-0.1, -0.05) is 17.7 Å². The monoisotopic (exact) mass is 274 g/mol. The lowest BCUT2D eigenvalue weighted by atomic mass is 9.88. The molecule has 1 aromatic rings. The number of benzene rings is 1. The Kier molecular flexibility index (Phi) is 3.74. The third-order valence-corrected chi connectivity index (χ3v) is 4.74. The molecule has 1 saturated heterocycles.